The summed E-state index contributed by atoms with van der Waals surface area (Å²) in [4.78, 5) is 15.1. The average Bonchev–Trinajstić information content (AvgIpc) is 3.17. The summed E-state index contributed by atoms with van der Waals surface area (Å²) in [7, 11) is 5.02. The number of anilines is 1. The van der Waals surface area contributed by atoms with Gasteiger partial charge in [-0.2, -0.15) is 0 Å². The maximum atomic E-state index is 5.57. The smallest absolute Gasteiger partial charge is 0.161 e. The van der Waals surface area contributed by atoms with Gasteiger partial charge >= 0.3 is 0 Å². The minimum absolute atomic E-state index is 0.125. The van der Waals surface area contributed by atoms with E-state index in [4.69, 9.17) is 14.2 Å². The lowest BCUT2D eigenvalue weighted by Crippen LogP contribution is -2.34. The van der Waals surface area contributed by atoms with Gasteiger partial charge in [0.25, 0.3) is 0 Å². The van der Waals surface area contributed by atoms with E-state index in [-0.39, 0.29) is 6.04 Å². The van der Waals surface area contributed by atoms with Crippen molar-refractivity contribution in [3.8, 4) is 17.2 Å². The van der Waals surface area contributed by atoms with Crippen molar-refractivity contribution in [2.24, 2.45) is 0 Å². The number of hydrogen-bond donors (Lipinski definition) is 1. The zero-order chi connectivity index (χ0) is 20.8. The van der Waals surface area contributed by atoms with Crippen LogP contribution in [0.3, 0.4) is 0 Å². The highest BCUT2D eigenvalue weighted by Gasteiger charge is 2.29. The number of rotatable bonds is 4. The molecule has 2 aromatic heterocycles. The molecule has 1 atom stereocenters. The second-order valence-corrected chi connectivity index (χ2v) is 7.45. The molecule has 30 heavy (non-hydrogen) atoms. The molecule has 0 spiro atoms. The number of aromatic amines is 1. The van der Waals surface area contributed by atoms with Gasteiger partial charge in [0.2, 0.25) is 0 Å². The quantitative estimate of drug-likeness (QED) is 0.548. The number of hydrogen-bond acceptors (Lipinski definition) is 6. The van der Waals surface area contributed by atoms with E-state index in [2.05, 4.69) is 38.9 Å². The summed E-state index contributed by atoms with van der Waals surface area (Å²) in [5, 5.41) is 0.982. The standard InChI is InChI=1S/C23H24N4O3/c1-13-15-11-19(30-4)18(29-3)10-14(15)8-9-27(13)23-22-21(24-12-25-23)20-16(26-22)6-5-7-17(20)28-2/h5-7,10-13,26H,8-9H2,1-4H3. The molecule has 1 N–H and O–H groups in total. The first-order chi connectivity index (χ1) is 14.7. The van der Waals surface area contributed by atoms with Crippen molar-refractivity contribution < 1.29 is 14.2 Å². The molecule has 7 nitrogen and oxygen atoms in total. The molecule has 1 unspecified atom stereocenters. The van der Waals surface area contributed by atoms with E-state index in [1.807, 2.05) is 18.2 Å². The molecule has 1 aliphatic heterocycles. The Bertz CT molecular complexity index is 1250. The van der Waals surface area contributed by atoms with E-state index in [9.17, 15) is 0 Å². The Hall–Kier alpha value is -3.48. The van der Waals surface area contributed by atoms with E-state index < -0.39 is 0 Å². The number of H-pyrrole nitrogens is 1. The van der Waals surface area contributed by atoms with E-state index in [1.54, 1.807) is 27.7 Å². The maximum absolute atomic E-state index is 5.57. The lowest BCUT2D eigenvalue weighted by atomic mass is 9.92. The lowest BCUT2D eigenvalue weighted by Gasteiger charge is -2.36. The molecule has 0 fully saturated rings. The summed E-state index contributed by atoms with van der Waals surface area (Å²) < 4.78 is 16.6. The van der Waals surface area contributed by atoms with Gasteiger partial charge in [-0.1, -0.05) is 6.07 Å². The van der Waals surface area contributed by atoms with Gasteiger partial charge in [-0.05, 0) is 48.7 Å². The molecule has 4 aromatic rings. The second kappa shape index (κ2) is 7.09. The monoisotopic (exact) mass is 404 g/mol. The minimum Gasteiger partial charge on any atom is -0.496 e. The lowest BCUT2D eigenvalue weighted by molar-refractivity contribution is 0.353. The number of fused-ring (bicyclic) bond motifs is 4. The molecule has 154 valence electrons. The van der Waals surface area contributed by atoms with Crippen LogP contribution in [0, 0.1) is 0 Å². The van der Waals surface area contributed by atoms with Gasteiger partial charge in [-0.15, -0.1) is 0 Å². The third kappa shape index (κ3) is 2.65. The van der Waals surface area contributed by atoms with Gasteiger partial charge in [-0.25, -0.2) is 9.97 Å². The summed E-state index contributed by atoms with van der Waals surface area (Å²) in [5.74, 6) is 3.21. The predicted octanol–water partition coefficient (Wildman–Crippen LogP) is 4.26. The van der Waals surface area contributed by atoms with Gasteiger partial charge in [0.05, 0.1) is 38.3 Å². The fraction of sp³-hybridized carbons (Fsp3) is 0.304. The largest absolute Gasteiger partial charge is 0.496 e. The highest BCUT2D eigenvalue weighted by atomic mass is 16.5. The Labute approximate surface area is 174 Å². The third-order valence-electron chi connectivity index (χ3n) is 6.03. The fourth-order valence-electron chi connectivity index (χ4n) is 4.52. The second-order valence-electron chi connectivity index (χ2n) is 7.45. The Morgan fingerprint density at radius 2 is 1.77 bits per heavy atom. The first-order valence-corrected chi connectivity index (χ1v) is 9.97. The van der Waals surface area contributed by atoms with Crippen LogP contribution in [0.4, 0.5) is 5.82 Å². The zero-order valence-corrected chi connectivity index (χ0v) is 17.5. The van der Waals surface area contributed by atoms with Crippen LogP contribution in [-0.2, 0) is 6.42 Å². The maximum Gasteiger partial charge on any atom is 0.161 e. The molecular weight excluding hydrogens is 380 g/mol. The van der Waals surface area contributed by atoms with Crippen LogP contribution in [0.2, 0.25) is 0 Å². The molecule has 0 aliphatic carbocycles. The van der Waals surface area contributed by atoms with Gasteiger partial charge < -0.3 is 24.1 Å². The van der Waals surface area contributed by atoms with Crippen molar-refractivity contribution in [2.45, 2.75) is 19.4 Å². The molecule has 2 aromatic carbocycles. The van der Waals surface area contributed by atoms with Crippen molar-refractivity contribution >= 4 is 27.8 Å². The first kappa shape index (κ1) is 18.5. The molecule has 7 heteroatoms. The number of benzene rings is 2. The van der Waals surface area contributed by atoms with Gasteiger partial charge in [0.15, 0.2) is 17.3 Å². The van der Waals surface area contributed by atoms with Crippen LogP contribution >= 0.6 is 0 Å². The van der Waals surface area contributed by atoms with E-state index in [0.717, 1.165) is 58.0 Å². The zero-order valence-electron chi connectivity index (χ0n) is 17.5. The first-order valence-electron chi connectivity index (χ1n) is 9.97. The fourth-order valence-corrected chi connectivity index (χ4v) is 4.52. The predicted molar refractivity (Wildman–Crippen MR) is 117 cm³/mol. The van der Waals surface area contributed by atoms with E-state index in [1.165, 1.54) is 11.1 Å². The van der Waals surface area contributed by atoms with Crippen LogP contribution in [0.15, 0.2) is 36.7 Å². The average molecular weight is 404 g/mol. The molecule has 0 saturated heterocycles. The van der Waals surface area contributed by atoms with Crippen LogP contribution in [0.5, 0.6) is 17.2 Å². The van der Waals surface area contributed by atoms with E-state index in [0.29, 0.717) is 0 Å². The number of ether oxygens (including phenoxy) is 3. The number of nitrogens with one attached hydrogen (secondary N) is 1. The normalized spacial score (nSPS) is 16.0. The molecule has 3 heterocycles. The molecule has 0 saturated carbocycles. The Morgan fingerprint density at radius 3 is 2.53 bits per heavy atom. The molecule has 0 amide bonds. The van der Waals surface area contributed by atoms with Crippen molar-refractivity contribution in [3.63, 3.8) is 0 Å². The van der Waals surface area contributed by atoms with Gasteiger partial charge in [0, 0.05) is 6.54 Å². The highest BCUT2D eigenvalue weighted by molar-refractivity contribution is 6.11. The molecule has 0 radical (unpaired) electrons. The Balaban J connectivity index is 1.65. The van der Waals surface area contributed by atoms with Crippen LogP contribution in [0.1, 0.15) is 24.1 Å². The minimum atomic E-state index is 0.125. The SMILES string of the molecule is COc1cc2c(cc1OC)C(C)N(c1ncnc3c1[nH]c1cccc(OC)c13)CC2. The molecule has 1 aliphatic rings. The summed E-state index contributed by atoms with van der Waals surface area (Å²) in [6.07, 6.45) is 2.53. The summed E-state index contributed by atoms with van der Waals surface area (Å²) in [5.41, 5.74) is 5.28. The van der Waals surface area contributed by atoms with Crippen LogP contribution in [-0.4, -0.2) is 42.8 Å². The summed E-state index contributed by atoms with van der Waals surface area (Å²) >= 11 is 0. The van der Waals surface area contributed by atoms with Gasteiger partial charge in [0.1, 0.15) is 23.1 Å². The molecular formula is C23H24N4O3. The van der Waals surface area contributed by atoms with Crippen molar-refractivity contribution in [1.82, 2.24) is 15.0 Å². The van der Waals surface area contributed by atoms with Crippen LogP contribution in [0.25, 0.3) is 21.9 Å². The van der Waals surface area contributed by atoms with Crippen molar-refractivity contribution in [1.29, 1.82) is 0 Å². The Kier molecular flexibility index (Phi) is 4.38. The highest BCUT2D eigenvalue weighted by Crippen LogP contribution is 2.41. The third-order valence-corrected chi connectivity index (χ3v) is 6.03. The number of aromatic nitrogens is 3. The topological polar surface area (TPSA) is 72.5 Å². The van der Waals surface area contributed by atoms with E-state index >= 15 is 0 Å². The van der Waals surface area contributed by atoms with Crippen molar-refractivity contribution in [3.05, 3.63) is 47.8 Å². The van der Waals surface area contributed by atoms with Crippen LogP contribution < -0.4 is 19.1 Å². The molecule has 5 rings (SSSR count). The Morgan fingerprint density at radius 1 is 1.00 bits per heavy atom. The molecule has 0 bridgehead atoms. The number of nitrogens with zero attached hydrogens (tertiary/aromatic N) is 3. The number of methoxy groups -OCH3 is 3. The summed E-state index contributed by atoms with van der Waals surface area (Å²) in [6.45, 7) is 3.04. The van der Waals surface area contributed by atoms with Crippen molar-refractivity contribution in [2.75, 3.05) is 32.8 Å². The van der Waals surface area contributed by atoms with Gasteiger partial charge in [-0.3, -0.25) is 0 Å². The summed E-state index contributed by atoms with van der Waals surface area (Å²) in [6, 6.07) is 10.3.